The van der Waals surface area contributed by atoms with Crippen molar-refractivity contribution in [1.82, 2.24) is 4.90 Å². The number of esters is 1. The van der Waals surface area contributed by atoms with Gasteiger partial charge in [-0.3, -0.25) is 4.79 Å². The molecular weight excluding hydrogens is 365 g/mol. The van der Waals surface area contributed by atoms with Gasteiger partial charge >= 0.3 is 12.1 Å². The summed E-state index contributed by atoms with van der Waals surface area (Å²) in [6.07, 6.45) is 1.03. The van der Waals surface area contributed by atoms with Gasteiger partial charge in [0.25, 0.3) is 0 Å². The minimum Gasteiger partial charge on any atom is -0.493 e. The first-order valence-corrected chi connectivity index (χ1v) is 9.64. The monoisotopic (exact) mass is 395 g/mol. The van der Waals surface area contributed by atoms with E-state index < -0.39 is 17.4 Å². The molecule has 0 spiro atoms. The maximum absolute atomic E-state index is 14.5. The second kappa shape index (κ2) is 9.26. The van der Waals surface area contributed by atoms with Crippen molar-refractivity contribution in [3.8, 4) is 5.75 Å². The maximum Gasteiger partial charge on any atom is 0.410 e. The number of carbonyl (C=O) groups excluding carboxylic acids is 2. The molecule has 1 aliphatic rings. The zero-order valence-electron chi connectivity index (χ0n) is 17.3. The van der Waals surface area contributed by atoms with Crippen LogP contribution in [0.3, 0.4) is 0 Å². The minimum absolute atomic E-state index is 0.0431. The molecule has 1 saturated heterocycles. The Morgan fingerprint density at radius 3 is 2.39 bits per heavy atom. The summed E-state index contributed by atoms with van der Waals surface area (Å²) in [6, 6.07) is 3.27. The summed E-state index contributed by atoms with van der Waals surface area (Å²) >= 11 is 0. The van der Waals surface area contributed by atoms with E-state index in [0.717, 1.165) is 5.56 Å². The molecule has 156 valence electrons. The Bertz CT molecular complexity index is 705. The molecule has 1 heterocycles. The van der Waals surface area contributed by atoms with Gasteiger partial charge in [-0.05, 0) is 58.1 Å². The maximum atomic E-state index is 14.5. The fourth-order valence-electron chi connectivity index (χ4n) is 3.36. The van der Waals surface area contributed by atoms with Crippen LogP contribution in [0, 0.1) is 5.82 Å². The molecule has 1 aliphatic heterocycles. The number of ether oxygens (including phenoxy) is 3. The molecule has 7 heteroatoms. The first-order chi connectivity index (χ1) is 13.1. The van der Waals surface area contributed by atoms with Crippen LogP contribution in [0.5, 0.6) is 5.75 Å². The van der Waals surface area contributed by atoms with Crippen LogP contribution in [0.2, 0.25) is 0 Å². The van der Waals surface area contributed by atoms with E-state index in [2.05, 4.69) is 0 Å². The normalized spacial score (nSPS) is 15.3. The van der Waals surface area contributed by atoms with E-state index in [1.165, 1.54) is 13.2 Å². The van der Waals surface area contributed by atoms with Gasteiger partial charge in [0.2, 0.25) is 0 Å². The highest BCUT2D eigenvalue weighted by Crippen LogP contribution is 2.34. The van der Waals surface area contributed by atoms with Crippen molar-refractivity contribution in [2.75, 3.05) is 26.8 Å². The predicted octanol–water partition coefficient (Wildman–Crippen LogP) is 4.05. The zero-order chi connectivity index (χ0) is 20.9. The van der Waals surface area contributed by atoms with Gasteiger partial charge in [0, 0.05) is 18.7 Å². The Labute approximate surface area is 165 Å². The van der Waals surface area contributed by atoms with Crippen molar-refractivity contribution in [1.29, 1.82) is 0 Å². The number of nitrogens with zero attached hydrogens (tertiary/aromatic N) is 1. The fraction of sp³-hybridized carbons (Fsp3) is 0.619. The highest BCUT2D eigenvalue weighted by atomic mass is 19.1. The molecule has 2 rings (SSSR count). The Balaban J connectivity index is 2.11. The Hall–Kier alpha value is -2.31. The quantitative estimate of drug-likeness (QED) is 0.704. The van der Waals surface area contributed by atoms with E-state index >= 15 is 0 Å². The lowest BCUT2D eigenvalue weighted by atomic mass is 9.88. The topological polar surface area (TPSA) is 65.1 Å². The van der Waals surface area contributed by atoms with Gasteiger partial charge in [0.15, 0.2) is 11.6 Å². The smallest absolute Gasteiger partial charge is 0.410 e. The van der Waals surface area contributed by atoms with Crippen molar-refractivity contribution in [2.24, 2.45) is 0 Å². The first kappa shape index (κ1) is 22.0. The summed E-state index contributed by atoms with van der Waals surface area (Å²) < 4.78 is 30.1. The van der Waals surface area contributed by atoms with Crippen molar-refractivity contribution in [3.63, 3.8) is 0 Å². The Morgan fingerprint density at radius 2 is 1.86 bits per heavy atom. The van der Waals surface area contributed by atoms with Crippen LogP contribution in [0.1, 0.15) is 57.6 Å². The lowest BCUT2D eigenvalue weighted by molar-refractivity contribution is -0.142. The second-order valence-corrected chi connectivity index (χ2v) is 7.92. The Morgan fingerprint density at radius 1 is 1.21 bits per heavy atom. The third-order valence-electron chi connectivity index (χ3n) is 4.61. The Kier molecular flexibility index (Phi) is 7.27. The average molecular weight is 395 g/mol. The van der Waals surface area contributed by atoms with E-state index in [-0.39, 0.29) is 30.8 Å². The van der Waals surface area contributed by atoms with Crippen LogP contribution in [0.4, 0.5) is 9.18 Å². The number of rotatable bonds is 5. The van der Waals surface area contributed by atoms with Crippen LogP contribution < -0.4 is 4.74 Å². The summed E-state index contributed by atoms with van der Waals surface area (Å²) in [5.41, 5.74) is 0.752. The summed E-state index contributed by atoms with van der Waals surface area (Å²) in [7, 11) is 1.38. The van der Waals surface area contributed by atoms with Gasteiger partial charge in [-0.15, -0.1) is 0 Å². The number of carbonyl (C=O) groups is 2. The van der Waals surface area contributed by atoms with E-state index in [4.69, 9.17) is 14.2 Å². The minimum atomic E-state index is -0.533. The first-order valence-electron chi connectivity index (χ1n) is 9.64. The van der Waals surface area contributed by atoms with Crippen LogP contribution in [0.15, 0.2) is 12.1 Å². The molecular formula is C21H30FNO5. The summed E-state index contributed by atoms with van der Waals surface area (Å²) in [6.45, 7) is 8.59. The van der Waals surface area contributed by atoms with Crippen molar-refractivity contribution in [3.05, 3.63) is 29.1 Å². The highest BCUT2D eigenvalue weighted by molar-refractivity contribution is 5.73. The van der Waals surface area contributed by atoms with E-state index in [0.29, 0.717) is 31.5 Å². The SMILES string of the molecule is CCOC(=O)Cc1cc(C2CCN(C(=O)OC(C)(C)C)CC2)cc(F)c1OC. The molecule has 1 aromatic rings. The lowest BCUT2D eigenvalue weighted by Gasteiger charge is -2.33. The number of hydrogen-bond donors (Lipinski definition) is 0. The molecule has 1 aromatic carbocycles. The van der Waals surface area contributed by atoms with Crippen LogP contribution in [0.25, 0.3) is 0 Å². The van der Waals surface area contributed by atoms with E-state index in [1.54, 1.807) is 11.8 Å². The van der Waals surface area contributed by atoms with Gasteiger partial charge in [-0.25, -0.2) is 9.18 Å². The largest absolute Gasteiger partial charge is 0.493 e. The molecule has 0 saturated carbocycles. The molecule has 0 radical (unpaired) electrons. The molecule has 0 aliphatic carbocycles. The van der Waals surface area contributed by atoms with Crippen LogP contribution >= 0.6 is 0 Å². The van der Waals surface area contributed by atoms with Crippen LogP contribution in [-0.4, -0.2) is 49.4 Å². The molecule has 0 N–H and O–H groups in total. The van der Waals surface area contributed by atoms with Crippen molar-refractivity contribution < 1.29 is 28.2 Å². The third-order valence-corrected chi connectivity index (χ3v) is 4.61. The highest BCUT2D eigenvalue weighted by Gasteiger charge is 2.28. The summed E-state index contributed by atoms with van der Waals surface area (Å²) in [4.78, 5) is 25.7. The van der Waals surface area contributed by atoms with Gasteiger partial charge in [-0.2, -0.15) is 0 Å². The van der Waals surface area contributed by atoms with E-state index in [1.807, 2.05) is 26.8 Å². The molecule has 6 nitrogen and oxygen atoms in total. The number of halogens is 1. The number of benzene rings is 1. The van der Waals surface area contributed by atoms with Gasteiger partial charge in [-0.1, -0.05) is 6.07 Å². The average Bonchev–Trinajstić information content (AvgIpc) is 2.60. The number of amides is 1. The molecule has 1 amide bonds. The van der Waals surface area contributed by atoms with Gasteiger partial charge in [0.05, 0.1) is 20.1 Å². The zero-order valence-corrected chi connectivity index (χ0v) is 17.3. The summed E-state index contributed by atoms with van der Waals surface area (Å²) in [5, 5.41) is 0. The molecule has 0 unspecified atom stereocenters. The number of hydrogen-bond acceptors (Lipinski definition) is 5. The third kappa shape index (κ3) is 5.84. The van der Waals surface area contributed by atoms with Crippen LogP contribution in [-0.2, 0) is 20.7 Å². The van der Waals surface area contributed by atoms with Crippen molar-refractivity contribution >= 4 is 12.1 Å². The molecule has 0 aromatic heterocycles. The number of piperidine rings is 1. The standard InChI is InChI=1S/C21H30FNO5/c1-6-27-18(24)13-16-11-15(12-17(22)19(16)26-5)14-7-9-23(10-8-14)20(25)28-21(2,3)4/h11-12,14H,6-10,13H2,1-5H3. The molecule has 0 atom stereocenters. The number of methoxy groups -OCH3 is 1. The lowest BCUT2D eigenvalue weighted by Crippen LogP contribution is -2.41. The predicted molar refractivity (Wildman–Crippen MR) is 103 cm³/mol. The van der Waals surface area contributed by atoms with Gasteiger partial charge < -0.3 is 19.1 Å². The van der Waals surface area contributed by atoms with E-state index in [9.17, 15) is 14.0 Å². The van der Waals surface area contributed by atoms with Gasteiger partial charge in [0.1, 0.15) is 5.60 Å². The molecule has 0 bridgehead atoms. The number of likely N-dealkylation sites (tertiary alicyclic amines) is 1. The molecule has 1 fully saturated rings. The molecule has 28 heavy (non-hydrogen) atoms. The summed E-state index contributed by atoms with van der Waals surface area (Å²) in [5.74, 6) is -0.742. The second-order valence-electron chi connectivity index (χ2n) is 7.92. The fourth-order valence-corrected chi connectivity index (χ4v) is 3.36. The van der Waals surface area contributed by atoms with Crippen molar-refractivity contribution in [2.45, 2.75) is 58.5 Å².